The Morgan fingerprint density at radius 2 is 1.46 bits per heavy atom. The molecule has 1 heterocycles. The number of nitrogens with one attached hydrogen (secondary N) is 1. The minimum absolute atomic E-state index is 0.540. The maximum absolute atomic E-state index is 5.20. The third kappa shape index (κ3) is 3.28. The van der Waals surface area contributed by atoms with E-state index in [4.69, 9.17) is 9.72 Å². The lowest BCUT2D eigenvalue weighted by Gasteiger charge is -2.05. The van der Waals surface area contributed by atoms with E-state index in [0.29, 0.717) is 5.95 Å². The van der Waals surface area contributed by atoms with Gasteiger partial charge in [-0.1, -0.05) is 48.5 Å². The van der Waals surface area contributed by atoms with E-state index in [-0.39, 0.29) is 0 Å². The molecule has 3 aromatic carbocycles. The molecule has 0 amide bonds. The summed E-state index contributed by atoms with van der Waals surface area (Å²) in [4.78, 5) is 4.70. The third-order valence-corrected chi connectivity index (χ3v) is 3.99. The molecular weight excluding hydrogens is 324 g/mol. The largest absolute Gasteiger partial charge is 0.497 e. The van der Waals surface area contributed by atoms with Crippen molar-refractivity contribution in [1.82, 2.24) is 14.8 Å². The first-order chi connectivity index (χ1) is 12.8. The van der Waals surface area contributed by atoms with E-state index in [1.807, 2.05) is 89.6 Å². The Hall–Kier alpha value is -3.60. The van der Waals surface area contributed by atoms with E-state index in [0.717, 1.165) is 28.5 Å². The summed E-state index contributed by atoms with van der Waals surface area (Å²) >= 11 is 0. The van der Waals surface area contributed by atoms with Crippen LogP contribution in [0.3, 0.4) is 0 Å². The van der Waals surface area contributed by atoms with Crippen LogP contribution in [0, 0.1) is 0 Å². The van der Waals surface area contributed by atoms with E-state index < -0.39 is 0 Å². The zero-order valence-electron chi connectivity index (χ0n) is 14.3. The Balaban J connectivity index is 1.73. The number of ether oxygens (including phenoxy) is 1. The average molecular weight is 342 g/mol. The van der Waals surface area contributed by atoms with Crippen molar-refractivity contribution < 1.29 is 4.74 Å². The molecule has 0 spiro atoms. The van der Waals surface area contributed by atoms with Gasteiger partial charge in [-0.15, -0.1) is 5.10 Å². The molecule has 128 valence electrons. The minimum atomic E-state index is 0.540. The zero-order valence-corrected chi connectivity index (χ0v) is 14.3. The molecule has 4 rings (SSSR count). The van der Waals surface area contributed by atoms with Gasteiger partial charge in [0.1, 0.15) is 5.75 Å². The number of hydrogen-bond donors (Lipinski definition) is 1. The smallest absolute Gasteiger partial charge is 0.247 e. The average Bonchev–Trinajstić information content (AvgIpc) is 3.14. The SMILES string of the molecule is COc1ccc(Nc2nc(-c3ccccc3)n(-c3ccccc3)n2)cc1. The van der Waals surface area contributed by atoms with Gasteiger partial charge in [-0.25, -0.2) is 4.68 Å². The first-order valence-electron chi connectivity index (χ1n) is 8.32. The number of anilines is 2. The number of benzene rings is 3. The predicted molar refractivity (Wildman–Crippen MR) is 103 cm³/mol. The molecule has 1 N–H and O–H groups in total. The number of methoxy groups -OCH3 is 1. The second-order valence-electron chi connectivity index (χ2n) is 5.73. The summed E-state index contributed by atoms with van der Waals surface area (Å²) in [5, 5.41) is 7.91. The quantitative estimate of drug-likeness (QED) is 0.572. The fraction of sp³-hybridized carbons (Fsp3) is 0.0476. The highest BCUT2D eigenvalue weighted by atomic mass is 16.5. The van der Waals surface area contributed by atoms with Crippen molar-refractivity contribution in [3.05, 3.63) is 84.9 Å². The number of para-hydroxylation sites is 1. The molecule has 0 radical (unpaired) electrons. The molecular formula is C21H18N4O. The van der Waals surface area contributed by atoms with Gasteiger partial charge < -0.3 is 10.1 Å². The summed E-state index contributed by atoms with van der Waals surface area (Å²) in [6.07, 6.45) is 0. The van der Waals surface area contributed by atoms with Gasteiger partial charge in [0.15, 0.2) is 5.82 Å². The molecule has 0 aliphatic carbocycles. The van der Waals surface area contributed by atoms with E-state index in [2.05, 4.69) is 10.4 Å². The van der Waals surface area contributed by atoms with Crippen LogP contribution in [0.2, 0.25) is 0 Å². The predicted octanol–water partition coefficient (Wildman–Crippen LogP) is 4.69. The molecule has 0 saturated heterocycles. The molecule has 0 unspecified atom stereocenters. The van der Waals surface area contributed by atoms with Crippen LogP contribution in [0.15, 0.2) is 84.9 Å². The molecule has 1 aromatic heterocycles. The van der Waals surface area contributed by atoms with Crippen molar-refractivity contribution in [1.29, 1.82) is 0 Å². The summed E-state index contributed by atoms with van der Waals surface area (Å²) in [5.74, 6) is 2.13. The van der Waals surface area contributed by atoms with Crippen molar-refractivity contribution in [3.8, 4) is 22.8 Å². The van der Waals surface area contributed by atoms with Crippen molar-refractivity contribution in [2.24, 2.45) is 0 Å². The lowest BCUT2D eigenvalue weighted by atomic mass is 10.2. The molecule has 0 aliphatic heterocycles. The first-order valence-corrected chi connectivity index (χ1v) is 8.32. The molecule has 4 aromatic rings. The molecule has 0 fully saturated rings. The van der Waals surface area contributed by atoms with E-state index in [1.165, 1.54) is 0 Å². The highest BCUT2D eigenvalue weighted by molar-refractivity contribution is 5.62. The lowest BCUT2D eigenvalue weighted by molar-refractivity contribution is 0.415. The number of aromatic nitrogens is 3. The molecule has 5 nitrogen and oxygen atoms in total. The Bertz CT molecular complexity index is 923. The second kappa shape index (κ2) is 7.11. The summed E-state index contributed by atoms with van der Waals surface area (Å²) in [5.41, 5.74) is 2.86. The monoisotopic (exact) mass is 342 g/mol. The Kier molecular flexibility index (Phi) is 4.35. The normalized spacial score (nSPS) is 10.5. The van der Waals surface area contributed by atoms with Crippen LogP contribution in [-0.2, 0) is 0 Å². The third-order valence-electron chi connectivity index (χ3n) is 3.99. The maximum atomic E-state index is 5.20. The van der Waals surface area contributed by atoms with Gasteiger partial charge in [-0.2, -0.15) is 4.98 Å². The fourth-order valence-electron chi connectivity index (χ4n) is 2.69. The standard InChI is InChI=1S/C21H18N4O/c1-26-19-14-12-17(13-15-19)22-21-23-20(16-8-4-2-5-9-16)25(24-21)18-10-6-3-7-11-18/h2-15H,1H3,(H,22,24). The molecule has 0 atom stereocenters. The van der Waals surface area contributed by atoms with Crippen LogP contribution < -0.4 is 10.1 Å². The van der Waals surface area contributed by atoms with E-state index in [9.17, 15) is 0 Å². The topological polar surface area (TPSA) is 52.0 Å². The Morgan fingerprint density at radius 3 is 2.12 bits per heavy atom. The maximum Gasteiger partial charge on any atom is 0.247 e. The van der Waals surface area contributed by atoms with Gasteiger partial charge in [-0.05, 0) is 36.4 Å². The second-order valence-corrected chi connectivity index (χ2v) is 5.73. The Labute approximate surface area is 151 Å². The van der Waals surface area contributed by atoms with Crippen molar-refractivity contribution in [2.45, 2.75) is 0 Å². The zero-order chi connectivity index (χ0) is 17.8. The summed E-state index contributed by atoms with van der Waals surface area (Å²) in [6.45, 7) is 0. The van der Waals surface area contributed by atoms with Crippen LogP contribution >= 0.6 is 0 Å². The fourth-order valence-corrected chi connectivity index (χ4v) is 2.69. The molecule has 26 heavy (non-hydrogen) atoms. The van der Waals surface area contributed by atoms with Gasteiger partial charge in [0, 0.05) is 11.3 Å². The van der Waals surface area contributed by atoms with Crippen molar-refractivity contribution in [3.63, 3.8) is 0 Å². The van der Waals surface area contributed by atoms with Gasteiger partial charge in [0.2, 0.25) is 5.95 Å². The minimum Gasteiger partial charge on any atom is -0.497 e. The van der Waals surface area contributed by atoms with Crippen molar-refractivity contribution in [2.75, 3.05) is 12.4 Å². The Morgan fingerprint density at radius 1 is 0.808 bits per heavy atom. The highest BCUT2D eigenvalue weighted by Crippen LogP contribution is 2.24. The van der Waals surface area contributed by atoms with Crippen LogP contribution in [-0.4, -0.2) is 21.9 Å². The van der Waals surface area contributed by atoms with Crippen LogP contribution in [0.1, 0.15) is 0 Å². The number of rotatable bonds is 5. The van der Waals surface area contributed by atoms with Gasteiger partial charge in [-0.3, -0.25) is 0 Å². The van der Waals surface area contributed by atoms with Gasteiger partial charge >= 0.3 is 0 Å². The van der Waals surface area contributed by atoms with Crippen molar-refractivity contribution >= 4 is 11.6 Å². The van der Waals surface area contributed by atoms with E-state index in [1.54, 1.807) is 7.11 Å². The molecule has 0 bridgehead atoms. The molecule has 0 saturated carbocycles. The lowest BCUT2D eigenvalue weighted by Crippen LogP contribution is -1.99. The first kappa shape index (κ1) is 15.9. The summed E-state index contributed by atoms with van der Waals surface area (Å²) in [6, 6.07) is 27.7. The van der Waals surface area contributed by atoms with E-state index >= 15 is 0 Å². The molecule has 5 heteroatoms. The summed E-state index contributed by atoms with van der Waals surface area (Å²) in [7, 11) is 1.65. The highest BCUT2D eigenvalue weighted by Gasteiger charge is 2.13. The van der Waals surface area contributed by atoms with Gasteiger partial charge in [0.25, 0.3) is 0 Å². The van der Waals surface area contributed by atoms with Crippen LogP contribution in [0.25, 0.3) is 17.1 Å². The number of nitrogens with zero attached hydrogens (tertiary/aromatic N) is 3. The van der Waals surface area contributed by atoms with Crippen LogP contribution in [0.5, 0.6) is 5.75 Å². The van der Waals surface area contributed by atoms with Gasteiger partial charge in [0.05, 0.1) is 12.8 Å². The molecule has 0 aliphatic rings. The number of hydrogen-bond acceptors (Lipinski definition) is 4. The summed E-state index contributed by atoms with van der Waals surface area (Å²) < 4.78 is 7.04. The van der Waals surface area contributed by atoms with Crippen LogP contribution in [0.4, 0.5) is 11.6 Å².